The molecule has 1 aliphatic rings. The molecule has 2 aromatic carbocycles. The van der Waals surface area contributed by atoms with Crippen LogP contribution in [-0.2, 0) is 13.1 Å². The topological polar surface area (TPSA) is 58.9 Å². The molecular weight excluding hydrogens is 312 g/mol. The summed E-state index contributed by atoms with van der Waals surface area (Å²) in [4.78, 5) is 4.04. The van der Waals surface area contributed by atoms with Gasteiger partial charge in [-0.15, -0.1) is 5.10 Å². The summed E-state index contributed by atoms with van der Waals surface area (Å²) < 4.78 is 0. The number of hydrogen-bond acceptors (Lipinski definition) is 5. The van der Waals surface area contributed by atoms with E-state index in [9.17, 15) is 0 Å². The van der Waals surface area contributed by atoms with Crippen LogP contribution < -0.4 is 10.2 Å². The number of nitrogens with zero attached hydrogens (tertiary/aromatic N) is 5. The molecule has 1 N–H and O–H groups in total. The smallest absolute Gasteiger partial charge is 0.263 e. The van der Waals surface area contributed by atoms with Crippen molar-refractivity contribution in [3.63, 3.8) is 0 Å². The fourth-order valence-corrected chi connectivity index (χ4v) is 3.11. The highest BCUT2D eigenvalue weighted by atomic mass is 15.6. The summed E-state index contributed by atoms with van der Waals surface area (Å²) in [5.41, 5.74) is 3.68. The highest BCUT2D eigenvalue weighted by molar-refractivity contribution is 5.48. The molecular formula is C19H22N6. The average Bonchev–Trinajstić information content (AvgIpc) is 3.33. The summed E-state index contributed by atoms with van der Waals surface area (Å²) in [6.45, 7) is 3.66. The standard InChI is InChI=1S/C19H22N6/c1-2-6-17(7-3-1)15-25-22-19(21-23-25)20-14-16-8-10-18(11-9-16)24-12-4-5-13-24/h1-3,6-11H,4-5,12-15H2,(H,20,22). The van der Waals surface area contributed by atoms with Crippen LogP contribution in [0.1, 0.15) is 24.0 Å². The Morgan fingerprint density at radius 1 is 0.880 bits per heavy atom. The van der Waals surface area contributed by atoms with Gasteiger partial charge in [-0.05, 0) is 41.3 Å². The molecule has 1 saturated heterocycles. The Kier molecular flexibility index (Phi) is 4.59. The number of nitrogens with one attached hydrogen (secondary N) is 1. The monoisotopic (exact) mass is 334 g/mol. The largest absolute Gasteiger partial charge is 0.372 e. The second-order valence-corrected chi connectivity index (χ2v) is 6.34. The molecule has 2 heterocycles. The van der Waals surface area contributed by atoms with E-state index in [0.717, 1.165) is 5.56 Å². The minimum atomic E-state index is 0.555. The Morgan fingerprint density at radius 3 is 2.40 bits per heavy atom. The van der Waals surface area contributed by atoms with Crippen LogP contribution in [0.4, 0.5) is 11.6 Å². The maximum absolute atomic E-state index is 4.38. The number of aromatic nitrogens is 4. The summed E-state index contributed by atoms with van der Waals surface area (Å²) in [6.07, 6.45) is 2.60. The van der Waals surface area contributed by atoms with Gasteiger partial charge in [0.05, 0.1) is 6.54 Å². The van der Waals surface area contributed by atoms with Gasteiger partial charge in [0.1, 0.15) is 0 Å². The third-order valence-corrected chi connectivity index (χ3v) is 4.48. The van der Waals surface area contributed by atoms with Gasteiger partial charge >= 0.3 is 0 Å². The molecule has 128 valence electrons. The van der Waals surface area contributed by atoms with Gasteiger partial charge < -0.3 is 10.2 Å². The van der Waals surface area contributed by atoms with Gasteiger partial charge in [0.2, 0.25) is 0 Å². The van der Waals surface area contributed by atoms with Crippen molar-refractivity contribution in [1.82, 2.24) is 20.2 Å². The third kappa shape index (κ3) is 3.96. The van der Waals surface area contributed by atoms with Gasteiger partial charge in [-0.25, -0.2) is 0 Å². The Morgan fingerprint density at radius 2 is 1.64 bits per heavy atom. The van der Waals surface area contributed by atoms with Crippen molar-refractivity contribution in [2.75, 3.05) is 23.3 Å². The van der Waals surface area contributed by atoms with Crippen LogP contribution in [0.3, 0.4) is 0 Å². The van der Waals surface area contributed by atoms with Crippen LogP contribution >= 0.6 is 0 Å². The van der Waals surface area contributed by atoms with Crippen LogP contribution in [0.15, 0.2) is 54.6 Å². The number of rotatable bonds is 6. The second-order valence-electron chi connectivity index (χ2n) is 6.34. The van der Waals surface area contributed by atoms with E-state index in [-0.39, 0.29) is 0 Å². The molecule has 25 heavy (non-hydrogen) atoms. The van der Waals surface area contributed by atoms with Crippen LogP contribution in [0.25, 0.3) is 0 Å². The molecule has 6 heteroatoms. The first-order chi connectivity index (χ1) is 12.4. The minimum absolute atomic E-state index is 0.555. The lowest BCUT2D eigenvalue weighted by Crippen LogP contribution is -2.17. The van der Waals surface area contributed by atoms with Crippen LogP contribution in [0, 0.1) is 0 Å². The molecule has 1 fully saturated rings. The van der Waals surface area contributed by atoms with Gasteiger partial charge in [0.25, 0.3) is 5.95 Å². The average molecular weight is 334 g/mol. The molecule has 4 rings (SSSR count). The Labute approximate surface area is 147 Å². The van der Waals surface area contributed by atoms with E-state index in [1.807, 2.05) is 18.2 Å². The van der Waals surface area contributed by atoms with Crippen LogP contribution in [0.2, 0.25) is 0 Å². The number of tetrazole rings is 1. The molecule has 0 radical (unpaired) electrons. The molecule has 6 nitrogen and oxygen atoms in total. The summed E-state index contributed by atoms with van der Waals surface area (Å²) in [5.74, 6) is 0.555. The van der Waals surface area contributed by atoms with Crippen LogP contribution in [-0.4, -0.2) is 33.3 Å². The summed E-state index contributed by atoms with van der Waals surface area (Å²) in [7, 11) is 0. The maximum atomic E-state index is 4.38. The predicted molar refractivity (Wildman–Crippen MR) is 98.6 cm³/mol. The highest BCUT2D eigenvalue weighted by Gasteiger charge is 2.11. The molecule has 1 aromatic heterocycles. The zero-order valence-corrected chi connectivity index (χ0v) is 14.2. The zero-order valence-electron chi connectivity index (χ0n) is 14.2. The molecule has 1 aliphatic heterocycles. The molecule has 0 spiro atoms. The van der Waals surface area contributed by atoms with Crippen molar-refractivity contribution in [2.24, 2.45) is 0 Å². The molecule has 0 aliphatic carbocycles. The molecule has 0 atom stereocenters. The van der Waals surface area contributed by atoms with Crippen molar-refractivity contribution in [1.29, 1.82) is 0 Å². The number of anilines is 2. The van der Waals surface area contributed by atoms with Gasteiger partial charge in [-0.3, -0.25) is 0 Å². The number of hydrogen-bond donors (Lipinski definition) is 1. The Hall–Kier alpha value is -2.89. The quantitative estimate of drug-likeness (QED) is 0.751. The van der Waals surface area contributed by atoms with E-state index in [0.29, 0.717) is 19.0 Å². The van der Waals surface area contributed by atoms with Gasteiger partial charge in [-0.1, -0.05) is 47.6 Å². The SMILES string of the molecule is c1ccc(Cn2nnc(NCc3ccc(N4CCCC4)cc3)n2)cc1. The van der Waals surface area contributed by atoms with Gasteiger partial charge in [0, 0.05) is 25.3 Å². The Balaban J connectivity index is 1.32. The van der Waals surface area contributed by atoms with E-state index in [1.54, 1.807) is 4.80 Å². The first-order valence-electron chi connectivity index (χ1n) is 8.76. The number of benzene rings is 2. The first kappa shape index (κ1) is 15.6. The molecule has 0 bridgehead atoms. The highest BCUT2D eigenvalue weighted by Crippen LogP contribution is 2.20. The predicted octanol–water partition coefficient (Wildman–Crippen LogP) is 2.93. The Bertz CT molecular complexity index is 790. The third-order valence-electron chi connectivity index (χ3n) is 4.48. The lowest BCUT2D eigenvalue weighted by Gasteiger charge is -2.17. The van der Waals surface area contributed by atoms with Crippen molar-refractivity contribution >= 4 is 11.6 Å². The lowest BCUT2D eigenvalue weighted by molar-refractivity contribution is 0.573. The van der Waals surface area contributed by atoms with E-state index >= 15 is 0 Å². The van der Waals surface area contributed by atoms with Gasteiger partial charge in [-0.2, -0.15) is 4.80 Å². The van der Waals surface area contributed by atoms with E-state index in [4.69, 9.17) is 0 Å². The van der Waals surface area contributed by atoms with Crippen molar-refractivity contribution < 1.29 is 0 Å². The van der Waals surface area contributed by atoms with E-state index < -0.39 is 0 Å². The fourth-order valence-electron chi connectivity index (χ4n) is 3.11. The van der Waals surface area contributed by atoms with Crippen molar-refractivity contribution in [3.05, 3.63) is 65.7 Å². The van der Waals surface area contributed by atoms with Crippen LogP contribution in [0.5, 0.6) is 0 Å². The normalized spacial score (nSPS) is 14.0. The van der Waals surface area contributed by atoms with Crippen molar-refractivity contribution in [2.45, 2.75) is 25.9 Å². The summed E-state index contributed by atoms with van der Waals surface area (Å²) >= 11 is 0. The molecule has 3 aromatic rings. The fraction of sp³-hybridized carbons (Fsp3) is 0.316. The maximum Gasteiger partial charge on any atom is 0.263 e. The van der Waals surface area contributed by atoms with Crippen molar-refractivity contribution in [3.8, 4) is 0 Å². The van der Waals surface area contributed by atoms with Gasteiger partial charge in [0.15, 0.2) is 0 Å². The first-order valence-corrected chi connectivity index (χ1v) is 8.76. The zero-order chi connectivity index (χ0) is 16.9. The minimum Gasteiger partial charge on any atom is -0.372 e. The van der Waals surface area contributed by atoms with E-state index in [2.05, 4.69) is 62.0 Å². The second kappa shape index (κ2) is 7.34. The van der Waals surface area contributed by atoms with E-state index in [1.165, 1.54) is 37.2 Å². The molecule has 0 amide bonds. The lowest BCUT2D eigenvalue weighted by atomic mass is 10.2. The summed E-state index contributed by atoms with van der Waals surface area (Å²) in [5, 5.41) is 15.8. The molecule has 0 saturated carbocycles. The summed E-state index contributed by atoms with van der Waals surface area (Å²) in [6, 6.07) is 18.8. The molecule has 0 unspecified atom stereocenters.